The second-order valence-corrected chi connectivity index (χ2v) is 4.93. The van der Waals surface area contributed by atoms with Gasteiger partial charge in [-0.25, -0.2) is 4.98 Å². The number of rotatable bonds is 3. The van der Waals surface area contributed by atoms with Gasteiger partial charge in [-0.15, -0.1) is 0 Å². The van der Waals surface area contributed by atoms with E-state index in [1.807, 2.05) is 0 Å². The first-order chi connectivity index (χ1) is 10.1. The van der Waals surface area contributed by atoms with Crippen LogP contribution in [0.4, 0.5) is 0 Å². The number of nitrogens with one attached hydrogen (secondary N) is 2. The summed E-state index contributed by atoms with van der Waals surface area (Å²) in [6.07, 6.45) is 1.02. The molecule has 21 heavy (non-hydrogen) atoms. The molecule has 3 heterocycles. The van der Waals surface area contributed by atoms with Crippen LogP contribution in [0.3, 0.4) is 0 Å². The van der Waals surface area contributed by atoms with Crippen LogP contribution in [0, 0.1) is 0 Å². The van der Waals surface area contributed by atoms with Crippen LogP contribution in [0.15, 0.2) is 18.5 Å². The predicted octanol–water partition coefficient (Wildman–Crippen LogP) is -0.802. The summed E-state index contributed by atoms with van der Waals surface area (Å²) < 4.78 is 5.34. The molecule has 2 aromatic heterocycles. The molecule has 1 aliphatic heterocycles. The van der Waals surface area contributed by atoms with Gasteiger partial charge in [-0.05, 0) is 12.5 Å². The second kappa shape index (κ2) is 5.76. The average molecular weight is 292 g/mol. The lowest BCUT2D eigenvalue weighted by Crippen LogP contribution is -2.50. The summed E-state index contributed by atoms with van der Waals surface area (Å²) in [7, 11) is 0. The first kappa shape index (κ1) is 13.9. The number of H-pyrrole nitrogens is 1. The van der Waals surface area contributed by atoms with E-state index in [-0.39, 0.29) is 12.2 Å². The monoisotopic (exact) mass is 292 g/mol. The third-order valence-corrected chi connectivity index (χ3v) is 3.48. The van der Waals surface area contributed by atoms with Gasteiger partial charge < -0.3 is 25.3 Å². The number of aromatic amines is 1. The van der Waals surface area contributed by atoms with E-state index in [4.69, 9.17) is 4.74 Å². The van der Waals surface area contributed by atoms with E-state index in [1.165, 1.54) is 6.20 Å². The molecule has 4 N–H and O–H groups in total. The Labute approximate surface area is 120 Å². The predicted molar refractivity (Wildman–Crippen MR) is 72.6 cm³/mol. The highest BCUT2D eigenvalue weighted by atomic mass is 16.5. The standard InChI is InChI=1S/C13H16N4O4/c18-9-2-4-21-10(11(9)19)6-16-13(20)8-5-15-7-1-3-14-12(7)17-8/h1,3,5,9-11,18-19H,2,4,6H2,(H,14,17)(H,16,20). The number of hydrogen-bond donors (Lipinski definition) is 4. The lowest BCUT2D eigenvalue weighted by atomic mass is 10.0. The molecule has 0 aliphatic carbocycles. The Balaban J connectivity index is 1.63. The molecule has 0 radical (unpaired) electrons. The van der Waals surface area contributed by atoms with Crippen LogP contribution in [0.25, 0.3) is 11.2 Å². The Morgan fingerprint density at radius 1 is 1.52 bits per heavy atom. The molecule has 0 spiro atoms. The van der Waals surface area contributed by atoms with Crippen molar-refractivity contribution in [2.24, 2.45) is 0 Å². The summed E-state index contributed by atoms with van der Waals surface area (Å²) >= 11 is 0. The highest BCUT2D eigenvalue weighted by Crippen LogP contribution is 2.14. The summed E-state index contributed by atoms with van der Waals surface area (Å²) in [5.41, 5.74) is 1.39. The van der Waals surface area contributed by atoms with E-state index in [9.17, 15) is 15.0 Å². The van der Waals surface area contributed by atoms with Crippen molar-refractivity contribution in [3.8, 4) is 0 Å². The topological polar surface area (TPSA) is 120 Å². The van der Waals surface area contributed by atoms with Crippen molar-refractivity contribution in [2.45, 2.75) is 24.7 Å². The van der Waals surface area contributed by atoms with E-state index < -0.39 is 24.2 Å². The van der Waals surface area contributed by atoms with E-state index in [1.54, 1.807) is 12.3 Å². The zero-order valence-corrected chi connectivity index (χ0v) is 11.2. The SMILES string of the molecule is O=C(NCC1OCCC(O)C1O)c1cnc2cc[nH]c2n1. The van der Waals surface area contributed by atoms with Crippen molar-refractivity contribution in [2.75, 3.05) is 13.2 Å². The Hall–Kier alpha value is -2.03. The molecule has 1 fully saturated rings. The smallest absolute Gasteiger partial charge is 0.271 e. The van der Waals surface area contributed by atoms with Crippen molar-refractivity contribution in [3.05, 3.63) is 24.2 Å². The van der Waals surface area contributed by atoms with Crippen molar-refractivity contribution >= 4 is 17.1 Å². The van der Waals surface area contributed by atoms with Gasteiger partial charge in [-0.3, -0.25) is 9.78 Å². The molecule has 0 bridgehead atoms. The number of carbonyl (C=O) groups excluding carboxylic acids is 1. The molecule has 1 aliphatic rings. The molecular weight excluding hydrogens is 276 g/mol. The van der Waals surface area contributed by atoms with E-state index >= 15 is 0 Å². The molecule has 1 amide bonds. The lowest BCUT2D eigenvalue weighted by Gasteiger charge is -2.31. The molecule has 8 heteroatoms. The van der Waals surface area contributed by atoms with Gasteiger partial charge in [-0.1, -0.05) is 0 Å². The van der Waals surface area contributed by atoms with Gasteiger partial charge in [-0.2, -0.15) is 0 Å². The molecule has 8 nitrogen and oxygen atoms in total. The number of hydrogen-bond acceptors (Lipinski definition) is 6. The number of aliphatic hydroxyl groups excluding tert-OH is 2. The van der Waals surface area contributed by atoms with Crippen LogP contribution < -0.4 is 5.32 Å². The number of ether oxygens (including phenoxy) is 1. The van der Waals surface area contributed by atoms with Gasteiger partial charge in [0, 0.05) is 19.3 Å². The lowest BCUT2D eigenvalue weighted by molar-refractivity contribution is -0.132. The molecule has 3 atom stereocenters. The van der Waals surface area contributed by atoms with E-state index in [2.05, 4.69) is 20.3 Å². The Morgan fingerprint density at radius 2 is 2.38 bits per heavy atom. The van der Waals surface area contributed by atoms with Crippen LogP contribution in [0.5, 0.6) is 0 Å². The van der Waals surface area contributed by atoms with Gasteiger partial charge in [0.1, 0.15) is 23.4 Å². The minimum absolute atomic E-state index is 0.0987. The van der Waals surface area contributed by atoms with Gasteiger partial charge in [0.2, 0.25) is 0 Å². The maximum atomic E-state index is 12.0. The van der Waals surface area contributed by atoms with E-state index in [0.717, 1.165) is 0 Å². The van der Waals surface area contributed by atoms with E-state index in [0.29, 0.717) is 24.2 Å². The number of amides is 1. The van der Waals surface area contributed by atoms with Crippen LogP contribution in [-0.2, 0) is 4.74 Å². The summed E-state index contributed by atoms with van der Waals surface area (Å²) in [5.74, 6) is -0.408. The summed E-state index contributed by atoms with van der Waals surface area (Å²) in [6, 6.07) is 1.76. The number of nitrogens with zero attached hydrogens (tertiary/aromatic N) is 2. The van der Waals surface area contributed by atoms with Crippen LogP contribution >= 0.6 is 0 Å². The third-order valence-electron chi connectivity index (χ3n) is 3.48. The fourth-order valence-corrected chi connectivity index (χ4v) is 2.26. The largest absolute Gasteiger partial charge is 0.390 e. The fraction of sp³-hybridized carbons (Fsp3) is 0.462. The second-order valence-electron chi connectivity index (χ2n) is 4.93. The van der Waals surface area contributed by atoms with Crippen molar-refractivity contribution in [1.82, 2.24) is 20.3 Å². The van der Waals surface area contributed by atoms with Gasteiger partial charge in [0.25, 0.3) is 5.91 Å². The minimum Gasteiger partial charge on any atom is -0.390 e. The van der Waals surface area contributed by atoms with Gasteiger partial charge in [0.15, 0.2) is 5.65 Å². The molecular formula is C13H16N4O4. The highest BCUT2D eigenvalue weighted by molar-refractivity contribution is 5.93. The zero-order chi connectivity index (χ0) is 14.8. The Kier molecular flexibility index (Phi) is 3.82. The fourth-order valence-electron chi connectivity index (χ4n) is 2.26. The maximum absolute atomic E-state index is 12.0. The maximum Gasteiger partial charge on any atom is 0.271 e. The Morgan fingerprint density at radius 3 is 3.24 bits per heavy atom. The zero-order valence-electron chi connectivity index (χ0n) is 11.2. The number of carbonyl (C=O) groups is 1. The number of aliphatic hydroxyl groups is 2. The summed E-state index contributed by atoms with van der Waals surface area (Å²) in [5, 5.41) is 22.0. The van der Waals surface area contributed by atoms with Crippen molar-refractivity contribution in [3.63, 3.8) is 0 Å². The molecule has 1 saturated heterocycles. The van der Waals surface area contributed by atoms with Crippen LogP contribution in [-0.4, -0.2) is 62.5 Å². The molecule has 0 saturated carbocycles. The average Bonchev–Trinajstić information content (AvgIpc) is 2.96. The molecule has 112 valence electrons. The summed E-state index contributed by atoms with van der Waals surface area (Å²) in [6.45, 7) is 0.453. The van der Waals surface area contributed by atoms with Gasteiger partial charge >= 0.3 is 0 Å². The quantitative estimate of drug-likeness (QED) is 0.588. The first-order valence-corrected chi connectivity index (χ1v) is 6.71. The van der Waals surface area contributed by atoms with Crippen LogP contribution in [0.1, 0.15) is 16.9 Å². The summed E-state index contributed by atoms with van der Waals surface area (Å²) in [4.78, 5) is 23.2. The van der Waals surface area contributed by atoms with Crippen molar-refractivity contribution < 1.29 is 19.7 Å². The highest BCUT2D eigenvalue weighted by Gasteiger charge is 2.31. The Bertz CT molecular complexity index is 644. The molecule has 2 aromatic rings. The molecule has 3 unspecified atom stereocenters. The number of fused-ring (bicyclic) bond motifs is 1. The number of aromatic nitrogens is 3. The minimum atomic E-state index is -1.00. The molecule has 3 rings (SSSR count). The van der Waals surface area contributed by atoms with Crippen molar-refractivity contribution in [1.29, 1.82) is 0 Å². The normalized spacial score (nSPS) is 25.9. The first-order valence-electron chi connectivity index (χ1n) is 6.71. The van der Waals surface area contributed by atoms with Crippen LogP contribution in [0.2, 0.25) is 0 Å². The molecule has 0 aromatic carbocycles. The third kappa shape index (κ3) is 2.87. The van der Waals surface area contributed by atoms with Gasteiger partial charge in [0.05, 0.1) is 12.3 Å².